The highest BCUT2D eigenvalue weighted by Crippen LogP contribution is 2.41. The van der Waals surface area contributed by atoms with Crippen molar-refractivity contribution in [2.45, 2.75) is 164 Å². The molecule has 0 amide bonds. The minimum absolute atomic E-state index is 0.0227. The van der Waals surface area contributed by atoms with Gasteiger partial charge in [-0.2, -0.15) is 0 Å². The fourth-order valence-corrected chi connectivity index (χ4v) is 13.5. The molecule has 2 aliphatic heterocycles. The highest BCUT2D eigenvalue weighted by atomic mass is 16.8. The summed E-state index contributed by atoms with van der Waals surface area (Å²) in [7, 11) is 0. The van der Waals surface area contributed by atoms with Crippen LogP contribution in [0, 0.1) is 0 Å². The van der Waals surface area contributed by atoms with Crippen molar-refractivity contribution in [3.8, 4) is 0 Å². The Balaban J connectivity index is 0.945. The molecular formula is C88H92O16. The van der Waals surface area contributed by atoms with Crippen molar-refractivity contribution in [2.75, 3.05) is 13.2 Å². The summed E-state index contributed by atoms with van der Waals surface area (Å²) in [4.78, 5) is 0. The van der Waals surface area contributed by atoms with Gasteiger partial charge in [-0.25, -0.2) is 0 Å². The second kappa shape index (κ2) is 39.1. The average Bonchev–Trinajstić information content (AvgIpc) is 0.770. The second-order valence-corrected chi connectivity index (χ2v) is 26.3. The fourth-order valence-electron chi connectivity index (χ4n) is 13.5. The van der Waals surface area contributed by atoms with Gasteiger partial charge in [0.1, 0.15) is 85.5 Å². The molecule has 540 valence electrons. The Morgan fingerprint density at radius 1 is 0.221 bits per heavy atom. The van der Waals surface area contributed by atoms with Gasteiger partial charge in [0.15, 0.2) is 12.6 Å². The van der Waals surface area contributed by atoms with E-state index in [-0.39, 0.29) is 72.7 Å². The standard InChI is InChI=1S/C88H92O16/c89-51-73-76(92-53-64-33-13-2-14-34-64)80(94-55-66-37-17-4-18-38-66)85(99-60-71-47-27-9-28-48-71)87(101-73)103-78-75(90)79(83(97-58-69-43-23-7-24-44-69)84(98-59-70-45-25-8-26-46-70)82(78)96-57-68-41-21-6-22-42-68)104-88-86(100-61-72-49-29-10-30-50-72)81(95-56-67-39-19-5-20-40-67)77(93-54-65-35-15-3-16-36-65)74(102-88)62-91-52-63-31-11-1-12-32-63/h1-50,73-90H,51-62H2/t73-,74-,75-,76-,77-,78+,79+,80+,81+,82+,83-,84-,85+,86+,87-,88-/m1/s1. The van der Waals surface area contributed by atoms with Gasteiger partial charge in [0, 0.05) is 0 Å². The van der Waals surface area contributed by atoms with Gasteiger partial charge in [0.2, 0.25) is 0 Å². The van der Waals surface area contributed by atoms with E-state index in [4.69, 9.17) is 66.3 Å². The van der Waals surface area contributed by atoms with Crippen LogP contribution in [0.1, 0.15) is 55.6 Å². The zero-order valence-corrected chi connectivity index (χ0v) is 58.2. The molecule has 1 saturated carbocycles. The average molecular weight is 1410 g/mol. The first-order chi connectivity index (χ1) is 51.5. The third kappa shape index (κ3) is 20.7. The van der Waals surface area contributed by atoms with Crippen molar-refractivity contribution in [3.63, 3.8) is 0 Å². The van der Waals surface area contributed by atoms with Crippen LogP contribution in [0.3, 0.4) is 0 Å². The molecule has 0 aromatic heterocycles. The van der Waals surface area contributed by atoms with Crippen LogP contribution in [0.25, 0.3) is 0 Å². The smallest absolute Gasteiger partial charge is 0.187 e. The predicted octanol–water partition coefficient (Wildman–Crippen LogP) is 14.1. The van der Waals surface area contributed by atoms with E-state index >= 15 is 0 Å². The van der Waals surface area contributed by atoms with Crippen LogP contribution in [0.4, 0.5) is 0 Å². The maximum absolute atomic E-state index is 14.3. The first kappa shape index (κ1) is 73.9. The maximum Gasteiger partial charge on any atom is 0.187 e. The van der Waals surface area contributed by atoms with Crippen molar-refractivity contribution in [1.82, 2.24) is 0 Å². The molecule has 104 heavy (non-hydrogen) atoms. The van der Waals surface area contributed by atoms with E-state index in [0.29, 0.717) is 0 Å². The van der Waals surface area contributed by atoms with Crippen molar-refractivity contribution >= 4 is 0 Å². The first-order valence-electron chi connectivity index (χ1n) is 35.9. The molecule has 2 N–H and O–H groups in total. The van der Waals surface area contributed by atoms with E-state index in [0.717, 1.165) is 55.6 Å². The van der Waals surface area contributed by atoms with Gasteiger partial charge in [-0.3, -0.25) is 0 Å². The fraction of sp³-hybridized carbons (Fsp3) is 0.318. The monoisotopic (exact) mass is 1400 g/mol. The van der Waals surface area contributed by atoms with E-state index in [1.807, 2.05) is 303 Å². The molecule has 10 aromatic carbocycles. The summed E-state index contributed by atoms with van der Waals surface area (Å²) < 4.78 is 101. The van der Waals surface area contributed by atoms with E-state index in [2.05, 4.69) is 0 Å². The lowest BCUT2D eigenvalue weighted by Crippen LogP contribution is -2.70. The molecule has 0 unspecified atom stereocenters. The minimum Gasteiger partial charge on any atom is -0.394 e. The Morgan fingerprint density at radius 2 is 0.413 bits per heavy atom. The zero-order valence-electron chi connectivity index (χ0n) is 58.2. The molecule has 2 saturated heterocycles. The van der Waals surface area contributed by atoms with E-state index in [9.17, 15) is 10.2 Å². The zero-order chi connectivity index (χ0) is 70.8. The Morgan fingerprint density at radius 3 is 0.663 bits per heavy atom. The molecule has 10 aromatic rings. The van der Waals surface area contributed by atoms with E-state index in [1.54, 1.807) is 0 Å². The van der Waals surface area contributed by atoms with Gasteiger partial charge in [0.25, 0.3) is 0 Å². The summed E-state index contributed by atoms with van der Waals surface area (Å²) in [5.41, 5.74) is 8.88. The molecular weight excluding hydrogens is 1310 g/mol. The summed E-state index contributed by atoms with van der Waals surface area (Å²) in [5, 5.41) is 26.0. The van der Waals surface area contributed by atoms with E-state index < -0.39 is 105 Å². The molecule has 16 heteroatoms. The minimum atomic E-state index is -1.68. The number of hydrogen-bond acceptors (Lipinski definition) is 16. The van der Waals surface area contributed by atoms with Crippen LogP contribution in [-0.4, -0.2) is 121 Å². The third-order valence-electron chi connectivity index (χ3n) is 18.9. The summed E-state index contributed by atoms with van der Waals surface area (Å²) in [5.74, 6) is 0. The largest absolute Gasteiger partial charge is 0.394 e. The molecule has 16 nitrogen and oxygen atoms in total. The summed E-state index contributed by atoms with van der Waals surface area (Å²) in [6.07, 6.45) is -18.5. The quantitative estimate of drug-likeness (QED) is 0.0380. The Hall–Kier alpha value is -8.44. The Kier molecular flexibility index (Phi) is 27.7. The molecule has 13 rings (SSSR count). The van der Waals surface area contributed by atoms with Crippen LogP contribution in [0.5, 0.6) is 0 Å². The van der Waals surface area contributed by atoms with Crippen LogP contribution in [-0.2, 0) is 132 Å². The predicted molar refractivity (Wildman–Crippen MR) is 391 cm³/mol. The lowest BCUT2D eigenvalue weighted by atomic mass is 9.83. The van der Waals surface area contributed by atoms with Gasteiger partial charge in [-0.15, -0.1) is 0 Å². The van der Waals surface area contributed by atoms with Crippen LogP contribution in [0.2, 0.25) is 0 Å². The lowest BCUT2D eigenvalue weighted by molar-refractivity contribution is -0.381. The molecule has 2 heterocycles. The first-order valence-corrected chi connectivity index (χ1v) is 35.9. The van der Waals surface area contributed by atoms with Crippen LogP contribution >= 0.6 is 0 Å². The lowest BCUT2D eigenvalue weighted by Gasteiger charge is -2.53. The summed E-state index contributed by atoms with van der Waals surface area (Å²) >= 11 is 0. The van der Waals surface area contributed by atoms with Crippen LogP contribution in [0.15, 0.2) is 303 Å². The van der Waals surface area contributed by atoms with Crippen molar-refractivity contribution in [1.29, 1.82) is 0 Å². The highest BCUT2D eigenvalue weighted by molar-refractivity contribution is 5.22. The van der Waals surface area contributed by atoms with Gasteiger partial charge in [-0.1, -0.05) is 303 Å². The number of aliphatic hydroxyl groups excluding tert-OH is 2. The van der Waals surface area contributed by atoms with Crippen molar-refractivity contribution < 1.29 is 76.5 Å². The maximum atomic E-state index is 14.3. The molecule has 0 bridgehead atoms. The molecule has 0 spiro atoms. The van der Waals surface area contributed by atoms with Crippen molar-refractivity contribution in [2.24, 2.45) is 0 Å². The van der Waals surface area contributed by atoms with Gasteiger partial charge in [-0.05, 0) is 55.6 Å². The molecule has 0 radical (unpaired) electrons. The number of rotatable bonds is 36. The third-order valence-corrected chi connectivity index (χ3v) is 18.9. The summed E-state index contributed by atoms with van der Waals surface area (Å²) in [6, 6.07) is 98.6. The normalized spacial score (nSPS) is 25.5. The Labute approximate surface area is 609 Å². The van der Waals surface area contributed by atoms with Crippen molar-refractivity contribution in [3.05, 3.63) is 359 Å². The number of aliphatic hydroxyl groups is 2. The molecule has 3 fully saturated rings. The number of hydrogen-bond donors (Lipinski definition) is 2. The summed E-state index contributed by atoms with van der Waals surface area (Å²) in [6.45, 7) is 0.781. The second-order valence-electron chi connectivity index (χ2n) is 26.3. The SMILES string of the molecule is OC[C@H]1O[C@H](O[C@H]2[C@@H](O)[C@H](O[C@H]3O[C@H](COCc4ccccc4)[C@@H](OCc4ccccc4)[C@H](OCc4ccccc4)[C@@H]3OCc3ccccc3)[C@@H](OCc3ccccc3)[C@H](OCc3ccccc3)[C@H]2OCc2ccccc2)[C@@H](OCc2ccccc2)[C@@H](OCc2ccccc2)[C@@H]1OCc1ccccc1. The molecule has 3 aliphatic rings. The van der Waals surface area contributed by atoms with Gasteiger partial charge in [0.05, 0.1) is 79.3 Å². The Bertz CT molecular complexity index is 3980. The van der Waals surface area contributed by atoms with Gasteiger partial charge < -0.3 is 76.5 Å². The number of benzene rings is 10. The van der Waals surface area contributed by atoms with E-state index in [1.165, 1.54) is 0 Å². The molecule has 16 atom stereocenters. The van der Waals surface area contributed by atoms with Crippen LogP contribution < -0.4 is 0 Å². The highest BCUT2D eigenvalue weighted by Gasteiger charge is 2.60. The molecule has 1 aliphatic carbocycles. The topological polar surface area (TPSA) is 170 Å². The number of ether oxygens (including phenoxy) is 14. The van der Waals surface area contributed by atoms with Gasteiger partial charge >= 0.3 is 0 Å².